The number of nitrogens with zero attached hydrogens (tertiary/aromatic N) is 6. The van der Waals surface area contributed by atoms with E-state index in [0.717, 1.165) is 39.2 Å². The number of ether oxygens (including phenoxy) is 1. The van der Waals surface area contributed by atoms with Gasteiger partial charge < -0.3 is 10.1 Å². The summed E-state index contributed by atoms with van der Waals surface area (Å²) in [4.78, 5) is 21.6. The summed E-state index contributed by atoms with van der Waals surface area (Å²) >= 11 is 0. The Labute approximate surface area is 182 Å². The number of ketones is 1. The SMILES string of the molecule is COc1cc2c(cc1-n1nc(C)c3cnc(-c4cnn5cccnc45)cc31)C(=O)CCN2. The highest BCUT2D eigenvalue weighted by Crippen LogP contribution is 2.35. The molecule has 1 aromatic carbocycles. The minimum absolute atomic E-state index is 0.107. The highest BCUT2D eigenvalue weighted by Gasteiger charge is 2.23. The molecular weight excluding hydrogens is 406 g/mol. The van der Waals surface area contributed by atoms with Crippen molar-refractivity contribution in [1.82, 2.24) is 29.4 Å². The van der Waals surface area contributed by atoms with Crippen molar-refractivity contribution in [2.24, 2.45) is 0 Å². The van der Waals surface area contributed by atoms with Crippen LogP contribution < -0.4 is 10.1 Å². The molecule has 1 aliphatic heterocycles. The van der Waals surface area contributed by atoms with Crippen molar-refractivity contribution in [3.63, 3.8) is 0 Å². The first-order valence-corrected chi connectivity index (χ1v) is 10.3. The molecule has 9 heteroatoms. The van der Waals surface area contributed by atoms with Crippen molar-refractivity contribution in [2.45, 2.75) is 13.3 Å². The van der Waals surface area contributed by atoms with E-state index in [1.54, 1.807) is 24.0 Å². The minimum atomic E-state index is 0.107. The molecule has 1 aliphatic rings. The van der Waals surface area contributed by atoms with E-state index in [0.29, 0.717) is 30.0 Å². The van der Waals surface area contributed by atoms with Gasteiger partial charge in [0.1, 0.15) is 11.4 Å². The number of hydrogen-bond acceptors (Lipinski definition) is 7. The van der Waals surface area contributed by atoms with Crippen molar-refractivity contribution in [3.05, 3.63) is 60.3 Å². The molecule has 0 fully saturated rings. The van der Waals surface area contributed by atoms with Crippen LogP contribution in [-0.4, -0.2) is 48.8 Å². The number of methoxy groups -OCH3 is 1. The molecule has 9 nitrogen and oxygen atoms in total. The zero-order valence-electron chi connectivity index (χ0n) is 17.5. The molecule has 1 N–H and O–H groups in total. The summed E-state index contributed by atoms with van der Waals surface area (Å²) < 4.78 is 9.20. The van der Waals surface area contributed by atoms with Gasteiger partial charge in [-0.3, -0.25) is 9.78 Å². The van der Waals surface area contributed by atoms with Crippen LogP contribution in [0.4, 0.5) is 5.69 Å². The Hall–Kier alpha value is -4.27. The molecule has 32 heavy (non-hydrogen) atoms. The van der Waals surface area contributed by atoms with E-state index in [1.165, 1.54) is 0 Å². The Bertz CT molecular complexity index is 1530. The maximum absolute atomic E-state index is 12.5. The number of carbonyl (C=O) groups is 1. The molecule has 0 saturated heterocycles. The van der Waals surface area contributed by atoms with Gasteiger partial charge in [0.05, 0.1) is 35.8 Å². The number of aryl methyl sites for hydroxylation is 1. The number of pyridine rings is 1. The minimum Gasteiger partial charge on any atom is -0.494 e. The summed E-state index contributed by atoms with van der Waals surface area (Å²) in [7, 11) is 1.62. The lowest BCUT2D eigenvalue weighted by Gasteiger charge is -2.20. The average molecular weight is 425 g/mol. The fourth-order valence-corrected chi connectivity index (χ4v) is 4.22. The number of rotatable bonds is 3. The van der Waals surface area contributed by atoms with Crippen LogP contribution in [0.2, 0.25) is 0 Å². The first-order chi connectivity index (χ1) is 15.6. The molecule has 0 aliphatic carbocycles. The van der Waals surface area contributed by atoms with Crippen LogP contribution in [-0.2, 0) is 0 Å². The zero-order chi connectivity index (χ0) is 21.8. The number of fused-ring (bicyclic) bond motifs is 3. The molecule has 0 saturated carbocycles. The van der Waals surface area contributed by atoms with Crippen LogP contribution in [0.15, 0.2) is 49.1 Å². The van der Waals surface area contributed by atoms with Crippen LogP contribution in [0.1, 0.15) is 22.5 Å². The van der Waals surface area contributed by atoms with Crippen molar-refractivity contribution >= 4 is 28.0 Å². The highest BCUT2D eigenvalue weighted by molar-refractivity contribution is 6.04. The van der Waals surface area contributed by atoms with Crippen molar-refractivity contribution in [1.29, 1.82) is 0 Å². The van der Waals surface area contributed by atoms with Crippen LogP contribution in [0, 0.1) is 6.92 Å². The van der Waals surface area contributed by atoms with Gasteiger partial charge >= 0.3 is 0 Å². The Kier molecular flexibility index (Phi) is 3.97. The van der Waals surface area contributed by atoms with E-state index < -0.39 is 0 Å². The summed E-state index contributed by atoms with van der Waals surface area (Å²) in [5.74, 6) is 0.738. The van der Waals surface area contributed by atoms with Crippen molar-refractivity contribution in [3.8, 4) is 22.7 Å². The van der Waals surface area contributed by atoms with Gasteiger partial charge in [-0.25, -0.2) is 14.2 Å². The van der Waals surface area contributed by atoms with Gasteiger partial charge in [0.15, 0.2) is 11.4 Å². The lowest BCUT2D eigenvalue weighted by atomic mass is 10.0. The number of aromatic nitrogens is 6. The number of nitrogens with one attached hydrogen (secondary N) is 1. The Morgan fingerprint density at radius 2 is 2.03 bits per heavy atom. The molecule has 0 amide bonds. The van der Waals surface area contributed by atoms with Gasteiger partial charge in [-0.05, 0) is 25.1 Å². The fourth-order valence-electron chi connectivity index (χ4n) is 4.22. The Morgan fingerprint density at radius 3 is 2.91 bits per heavy atom. The van der Waals surface area contributed by atoms with E-state index in [9.17, 15) is 4.79 Å². The number of hydrogen-bond donors (Lipinski definition) is 1. The lowest BCUT2D eigenvalue weighted by Crippen LogP contribution is -2.18. The third-order valence-corrected chi connectivity index (χ3v) is 5.82. The predicted octanol–water partition coefficient (Wildman–Crippen LogP) is 3.45. The number of benzene rings is 1. The summed E-state index contributed by atoms with van der Waals surface area (Å²) in [6.07, 6.45) is 7.62. The normalized spacial score (nSPS) is 13.4. The van der Waals surface area contributed by atoms with Gasteiger partial charge in [-0.15, -0.1) is 0 Å². The van der Waals surface area contributed by atoms with E-state index in [2.05, 4.69) is 20.4 Å². The van der Waals surface area contributed by atoms with Gasteiger partial charge in [0, 0.05) is 54.3 Å². The maximum atomic E-state index is 12.5. The molecule has 6 rings (SSSR count). The maximum Gasteiger partial charge on any atom is 0.166 e. The summed E-state index contributed by atoms with van der Waals surface area (Å²) in [6, 6.07) is 7.52. The van der Waals surface area contributed by atoms with Gasteiger partial charge in [0.25, 0.3) is 0 Å². The molecule has 5 aromatic rings. The molecular formula is C23H19N7O2. The molecule has 0 atom stereocenters. The van der Waals surface area contributed by atoms with Crippen LogP contribution in [0.3, 0.4) is 0 Å². The van der Waals surface area contributed by atoms with Crippen LogP contribution in [0.25, 0.3) is 33.5 Å². The summed E-state index contributed by atoms with van der Waals surface area (Å²) in [5, 5.41) is 13.3. The molecule has 0 bridgehead atoms. The van der Waals surface area contributed by atoms with E-state index in [-0.39, 0.29) is 5.78 Å². The number of anilines is 1. The molecule has 5 heterocycles. The predicted molar refractivity (Wildman–Crippen MR) is 120 cm³/mol. The van der Waals surface area contributed by atoms with Gasteiger partial charge in [-0.1, -0.05) is 0 Å². The third kappa shape index (κ3) is 2.67. The molecule has 158 valence electrons. The summed E-state index contributed by atoms with van der Waals surface area (Å²) in [6.45, 7) is 2.56. The van der Waals surface area contributed by atoms with Crippen LogP contribution >= 0.6 is 0 Å². The smallest absolute Gasteiger partial charge is 0.166 e. The van der Waals surface area contributed by atoms with Crippen molar-refractivity contribution in [2.75, 3.05) is 19.0 Å². The first kappa shape index (κ1) is 18.5. The third-order valence-electron chi connectivity index (χ3n) is 5.82. The standard InChI is InChI=1S/C23H19N7O2/c1-13-15-11-26-17(16-12-27-29-7-3-5-25-23(16)29)9-19(15)30(28-13)20-8-14-18(10-22(20)32-2)24-6-4-21(14)31/h3,5,7-12,24H,4,6H2,1-2H3. The topological polar surface area (TPSA) is 99.2 Å². The first-order valence-electron chi connectivity index (χ1n) is 10.3. The lowest BCUT2D eigenvalue weighted by molar-refractivity contribution is 0.0983. The largest absolute Gasteiger partial charge is 0.494 e. The zero-order valence-corrected chi connectivity index (χ0v) is 17.5. The molecule has 0 spiro atoms. The summed E-state index contributed by atoms with van der Waals surface area (Å²) in [5.41, 5.74) is 6.13. The molecule has 4 aromatic heterocycles. The average Bonchev–Trinajstić information content (AvgIpc) is 3.39. The Balaban J connectivity index is 1.59. The van der Waals surface area contributed by atoms with Gasteiger partial charge in [-0.2, -0.15) is 10.2 Å². The second-order valence-electron chi connectivity index (χ2n) is 7.70. The Morgan fingerprint density at radius 1 is 1.12 bits per heavy atom. The van der Waals surface area contributed by atoms with E-state index in [4.69, 9.17) is 9.84 Å². The van der Waals surface area contributed by atoms with Gasteiger partial charge in [0.2, 0.25) is 0 Å². The van der Waals surface area contributed by atoms with Crippen LogP contribution in [0.5, 0.6) is 5.75 Å². The van der Waals surface area contributed by atoms with Crippen molar-refractivity contribution < 1.29 is 9.53 Å². The second-order valence-corrected chi connectivity index (χ2v) is 7.70. The monoisotopic (exact) mass is 425 g/mol. The molecule has 0 unspecified atom stereocenters. The van der Waals surface area contributed by atoms with E-state index in [1.807, 2.05) is 48.3 Å². The van der Waals surface area contributed by atoms with E-state index >= 15 is 0 Å². The second kappa shape index (κ2) is 6.88. The molecule has 0 radical (unpaired) electrons. The fraction of sp³-hybridized carbons (Fsp3) is 0.174. The highest BCUT2D eigenvalue weighted by atomic mass is 16.5. The number of Topliss-reactive ketones (excluding diaryl/α,β-unsaturated/α-hetero) is 1. The quantitative estimate of drug-likeness (QED) is 0.473. The number of carbonyl (C=O) groups excluding carboxylic acids is 1.